The molecule has 3 aliphatic heterocycles. The van der Waals surface area contributed by atoms with Crippen molar-refractivity contribution in [1.82, 2.24) is 0 Å². The molecule has 20 heteroatoms. The van der Waals surface area contributed by atoms with Gasteiger partial charge in [0.2, 0.25) is 0 Å². The fraction of sp³-hybridized carbons (Fsp3) is 0.892. The smallest absolute Gasteiger partial charge is 0.333 e. The molecule has 2 radical (unpaired) electrons. The second kappa shape index (κ2) is 25.3. The molecular formula is C37H63BO18S. The average molecular weight is 839 g/mol. The van der Waals surface area contributed by atoms with Crippen LogP contribution in [0.4, 0.5) is 0 Å². The van der Waals surface area contributed by atoms with Crippen molar-refractivity contribution in [2.24, 2.45) is 5.92 Å². The van der Waals surface area contributed by atoms with Crippen LogP contribution in [0.1, 0.15) is 59.3 Å². The summed E-state index contributed by atoms with van der Waals surface area (Å²) >= 11 is 1.63. The van der Waals surface area contributed by atoms with E-state index in [2.05, 4.69) is 13.5 Å². The van der Waals surface area contributed by atoms with E-state index in [1.165, 1.54) is 46.8 Å². The van der Waals surface area contributed by atoms with Crippen LogP contribution < -0.4 is 0 Å². The van der Waals surface area contributed by atoms with Gasteiger partial charge in [0.15, 0.2) is 31.1 Å². The summed E-state index contributed by atoms with van der Waals surface area (Å²) in [4.78, 5) is 25.6. The van der Waals surface area contributed by atoms with Gasteiger partial charge in [0.05, 0.1) is 25.7 Å². The number of hydrogen-bond donors (Lipinski definition) is 6. The molecule has 6 N–H and O–H groups in total. The maximum Gasteiger partial charge on any atom is 0.333 e. The van der Waals surface area contributed by atoms with Gasteiger partial charge in [-0.05, 0) is 19.1 Å². The molecule has 0 spiro atoms. The van der Waals surface area contributed by atoms with Crippen molar-refractivity contribution in [3.8, 4) is 0 Å². The van der Waals surface area contributed by atoms with Crippen molar-refractivity contribution < 1.29 is 87.6 Å². The van der Waals surface area contributed by atoms with Gasteiger partial charge in [-0.15, -0.1) is 0 Å². The first-order valence-corrected chi connectivity index (χ1v) is 20.6. The normalized spacial score (nSPS) is 36.4. The Morgan fingerprint density at radius 3 is 1.74 bits per heavy atom. The minimum absolute atomic E-state index is 0.0345. The van der Waals surface area contributed by atoms with Crippen molar-refractivity contribution >= 4 is 31.5 Å². The molecule has 3 fully saturated rings. The second-order valence-corrected chi connectivity index (χ2v) is 15.7. The third-order valence-electron chi connectivity index (χ3n) is 9.88. The summed E-state index contributed by atoms with van der Waals surface area (Å²) < 4.78 is 55.5. The number of aliphatic hydroxyl groups excluding tert-OH is 6. The van der Waals surface area contributed by atoms with Gasteiger partial charge in [-0.25, -0.2) is 4.79 Å². The van der Waals surface area contributed by atoms with Gasteiger partial charge < -0.3 is 78.0 Å². The molecule has 0 aliphatic carbocycles. The molecule has 328 valence electrons. The fourth-order valence-corrected chi connectivity index (χ4v) is 7.57. The molecule has 0 saturated carbocycles. The van der Waals surface area contributed by atoms with E-state index in [1.807, 2.05) is 0 Å². The number of unbranched alkanes of at least 4 members (excludes halogenated alkanes) is 5. The van der Waals surface area contributed by atoms with E-state index in [0.717, 1.165) is 18.6 Å². The number of rotatable bonds is 24. The van der Waals surface area contributed by atoms with Crippen molar-refractivity contribution in [3.05, 3.63) is 12.2 Å². The highest BCUT2D eigenvalue weighted by atomic mass is 32.2. The Bertz CT molecular complexity index is 1210. The van der Waals surface area contributed by atoms with Gasteiger partial charge >= 0.3 is 11.9 Å². The highest BCUT2D eigenvalue weighted by Gasteiger charge is 2.52. The molecule has 0 amide bonds. The highest BCUT2D eigenvalue weighted by Crippen LogP contribution is 2.31. The number of ether oxygens (including phenoxy) is 10. The lowest BCUT2D eigenvalue weighted by Gasteiger charge is -2.45. The van der Waals surface area contributed by atoms with Crippen molar-refractivity contribution in [2.45, 2.75) is 151 Å². The summed E-state index contributed by atoms with van der Waals surface area (Å²) in [5.74, 6) is -0.740. The zero-order valence-corrected chi connectivity index (χ0v) is 34.3. The van der Waals surface area contributed by atoms with Crippen LogP contribution >= 0.6 is 11.8 Å². The Balaban J connectivity index is 1.68. The van der Waals surface area contributed by atoms with Crippen LogP contribution in [0.5, 0.6) is 0 Å². The standard InChI is InChI=1S/C37H63BO18S/c1-7-8-9-10-11-12-13-57-17-20(4)34(46)56-31-25(40)22(52-35(48-6)28(31)43)15-50-37-29(44)32(55-33(45)19(2)3)26(41)23(54-37)16-49-36-27(42)30(51-18-38)24(39)21(53-36)14-47-5/h20-32,35-37,39-44H,2,7-18H2,1,3-6H3/t20?,21?,22?,23?,24-,25-,26-,27?,28?,29?,30+,31+,32+,35+,36+,37+/m1/s1. The molecule has 3 aliphatic rings. The van der Waals surface area contributed by atoms with E-state index in [-0.39, 0.29) is 18.7 Å². The SMILES string of the molecule is [B]CO[C@@H]1C(O)[C@@H](OCC2O[C@H](OCC3O[C@H](OC)C(O)[C@@H](OC(=O)C(C)CSCCCCCCCC)[C@@H]3O)C(O)[C@@H](OC(=O)C(=C)C)[C@@H]2O)OC(COC)[C@H]1O. The maximum atomic E-state index is 13.1. The summed E-state index contributed by atoms with van der Waals surface area (Å²) in [5, 5.41) is 66.1. The molecule has 0 aromatic rings. The predicted molar refractivity (Wildman–Crippen MR) is 203 cm³/mol. The van der Waals surface area contributed by atoms with Crippen molar-refractivity contribution in [3.63, 3.8) is 0 Å². The van der Waals surface area contributed by atoms with Crippen LogP contribution in [-0.2, 0) is 57.0 Å². The van der Waals surface area contributed by atoms with Gasteiger partial charge in [-0.3, -0.25) is 4.79 Å². The van der Waals surface area contributed by atoms with E-state index < -0.39 is 123 Å². The van der Waals surface area contributed by atoms with Crippen LogP contribution in [0.15, 0.2) is 12.2 Å². The third kappa shape index (κ3) is 14.3. The van der Waals surface area contributed by atoms with Crippen LogP contribution in [0.25, 0.3) is 0 Å². The van der Waals surface area contributed by atoms with Crippen LogP contribution in [0.2, 0.25) is 0 Å². The van der Waals surface area contributed by atoms with Gasteiger partial charge in [-0.2, -0.15) is 11.8 Å². The number of hydrogen-bond acceptors (Lipinski definition) is 19. The number of methoxy groups -OCH3 is 2. The molecular weight excluding hydrogens is 775 g/mol. The first kappa shape index (κ1) is 49.9. The summed E-state index contributed by atoms with van der Waals surface area (Å²) in [5.41, 5.74) is -0.0345. The molecule has 0 aromatic heterocycles. The first-order valence-electron chi connectivity index (χ1n) is 19.5. The van der Waals surface area contributed by atoms with Gasteiger partial charge in [0, 0.05) is 32.1 Å². The summed E-state index contributed by atoms with van der Waals surface area (Å²) in [6, 6.07) is 0. The van der Waals surface area contributed by atoms with E-state index in [9.17, 15) is 40.2 Å². The number of aliphatic hydroxyl groups is 6. The van der Waals surface area contributed by atoms with E-state index in [0.29, 0.717) is 5.75 Å². The van der Waals surface area contributed by atoms with Crippen LogP contribution in [-0.4, -0.2) is 195 Å². The molecule has 18 nitrogen and oxygen atoms in total. The lowest BCUT2D eigenvalue weighted by molar-refractivity contribution is -0.343. The minimum atomic E-state index is -1.81. The molecule has 57 heavy (non-hydrogen) atoms. The Labute approximate surface area is 340 Å². The molecule has 0 aromatic carbocycles. The molecule has 3 heterocycles. The topological polar surface area (TPSA) is 248 Å². The Kier molecular flexibility index (Phi) is 22.2. The molecule has 3 saturated heterocycles. The van der Waals surface area contributed by atoms with Gasteiger partial charge in [0.25, 0.3) is 0 Å². The van der Waals surface area contributed by atoms with Crippen molar-refractivity contribution in [2.75, 3.05) is 52.1 Å². The second-order valence-electron chi connectivity index (χ2n) is 14.5. The van der Waals surface area contributed by atoms with Crippen LogP contribution in [0.3, 0.4) is 0 Å². The fourth-order valence-electron chi connectivity index (χ4n) is 6.51. The lowest BCUT2D eigenvalue weighted by Crippen LogP contribution is -2.63. The molecule has 7 unspecified atom stereocenters. The largest absolute Gasteiger partial charge is 0.456 e. The summed E-state index contributed by atoms with van der Waals surface area (Å²) in [7, 11) is 8.12. The van der Waals surface area contributed by atoms with Crippen molar-refractivity contribution in [1.29, 1.82) is 0 Å². The highest BCUT2D eigenvalue weighted by molar-refractivity contribution is 7.99. The lowest BCUT2D eigenvalue weighted by atomic mass is 9.97. The third-order valence-corrected chi connectivity index (χ3v) is 11.2. The Morgan fingerprint density at radius 2 is 1.19 bits per heavy atom. The average Bonchev–Trinajstić information content (AvgIpc) is 3.18. The minimum Gasteiger partial charge on any atom is -0.456 e. The van der Waals surface area contributed by atoms with Gasteiger partial charge in [0.1, 0.15) is 68.9 Å². The predicted octanol–water partition coefficient (Wildman–Crippen LogP) is -0.707. The quantitative estimate of drug-likeness (QED) is 0.0304. The molecule has 16 atom stereocenters. The first-order chi connectivity index (χ1) is 27.2. The van der Waals surface area contributed by atoms with E-state index in [4.69, 9.17) is 55.2 Å². The number of carbonyl (C=O) groups excluding carboxylic acids is 2. The molecule has 0 bridgehead atoms. The number of carbonyl (C=O) groups is 2. The summed E-state index contributed by atoms with van der Waals surface area (Å²) in [6.07, 6.45) is -15.2. The van der Waals surface area contributed by atoms with Crippen LogP contribution in [0, 0.1) is 5.92 Å². The van der Waals surface area contributed by atoms with E-state index >= 15 is 0 Å². The Morgan fingerprint density at radius 1 is 0.702 bits per heavy atom. The van der Waals surface area contributed by atoms with Gasteiger partial charge in [-0.1, -0.05) is 52.5 Å². The Hall–Kier alpha value is -1.47. The number of thioether (sulfide) groups is 1. The zero-order chi connectivity index (χ0) is 42.2. The van der Waals surface area contributed by atoms with E-state index in [1.54, 1.807) is 18.7 Å². The summed E-state index contributed by atoms with van der Waals surface area (Å²) in [6.45, 7) is 7.23. The maximum absolute atomic E-state index is 13.1. The number of esters is 2. The monoisotopic (exact) mass is 838 g/mol. The zero-order valence-electron chi connectivity index (χ0n) is 33.5. The molecule has 3 rings (SSSR count).